The van der Waals surface area contributed by atoms with Gasteiger partial charge in [0.1, 0.15) is 36.9 Å². The van der Waals surface area contributed by atoms with E-state index in [1.54, 1.807) is 30.3 Å². The van der Waals surface area contributed by atoms with Crippen LogP contribution in [0.4, 0.5) is 23.2 Å². The fourth-order valence-corrected chi connectivity index (χ4v) is 4.27. The summed E-state index contributed by atoms with van der Waals surface area (Å²) in [4.78, 5) is 23.5. The van der Waals surface area contributed by atoms with Gasteiger partial charge in [0.15, 0.2) is 5.82 Å². The third-order valence-corrected chi connectivity index (χ3v) is 6.21. The summed E-state index contributed by atoms with van der Waals surface area (Å²) in [7, 11) is 0. The number of hydrogen-bond donors (Lipinski definition) is 1. The Morgan fingerprint density at radius 1 is 0.846 bits per heavy atom. The summed E-state index contributed by atoms with van der Waals surface area (Å²) in [5, 5.41) is 9.26. The second kappa shape index (κ2) is 11.7. The van der Waals surface area contributed by atoms with Crippen LogP contribution in [0.5, 0.6) is 11.5 Å². The molecule has 0 fully saturated rings. The Hall–Kier alpha value is -4.12. The molecule has 0 spiro atoms. The quantitative estimate of drug-likeness (QED) is 0.210. The number of fused-ring (bicyclic) bond motifs is 1. The molecule has 0 atom stereocenters. The molecule has 11 heteroatoms. The van der Waals surface area contributed by atoms with Gasteiger partial charge >= 0.3 is 18.1 Å². The van der Waals surface area contributed by atoms with E-state index in [0.717, 1.165) is 5.56 Å². The summed E-state index contributed by atoms with van der Waals surface area (Å²) in [6.07, 6.45) is -5.47. The van der Waals surface area contributed by atoms with Gasteiger partial charge in [-0.1, -0.05) is 60.7 Å². The van der Waals surface area contributed by atoms with Gasteiger partial charge in [-0.2, -0.15) is 13.2 Å². The van der Waals surface area contributed by atoms with Gasteiger partial charge < -0.3 is 14.6 Å². The first-order valence-corrected chi connectivity index (χ1v) is 12.2. The lowest BCUT2D eigenvalue weighted by atomic mass is 10.1. The van der Waals surface area contributed by atoms with E-state index in [9.17, 15) is 27.9 Å². The van der Waals surface area contributed by atoms with Crippen molar-refractivity contribution in [1.82, 2.24) is 0 Å². The Kier molecular flexibility index (Phi) is 8.39. The summed E-state index contributed by atoms with van der Waals surface area (Å²) in [6.45, 7) is -1.44. The molecule has 202 valence electrons. The maximum absolute atomic E-state index is 16.0. The van der Waals surface area contributed by atoms with Crippen molar-refractivity contribution in [2.45, 2.75) is 19.4 Å². The number of rotatable bonds is 9. The van der Waals surface area contributed by atoms with Crippen molar-refractivity contribution in [3.63, 3.8) is 0 Å². The second-order valence-corrected chi connectivity index (χ2v) is 9.23. The fourth-order valence-electron chi connectivity index (χ4n) is 3.81. The van der Waals surface area contributed by atoms with Crippen molar-refractivity contribution in [3.8, 4) is 11.5 Å². The maximum atomic E-state index is 16.0. The monoisotopic (exact) mass is 605 g/mol. The van der Waals surface area contributed by atoms with E-state index >= 15 is 4.39 Å². The van der Waals surface area contributed by atoms with Crippen LogP contribution in [0.2, 0.25) is 0 Å². The number of carbonyl (C=O) groups excluding carboxylic acids is 1. The minimum Gasteiger partial charge on any atom is -0.488 e. The van der Waals surface area contributed by atoms with Gasteiger partial charge in [-0.25, -0.2) is 4.39 Å². The highest BCUT2D eigenvalue weighted by Gasteiger charge is 2.45. The molecule has 0 aliphatic rings. The van der Waals surface area contributed by atoms with Crippen LogP contribution >= 0.6 is 15.9 Å². The topological polar surface area (TPSA) is 76.1 Å². The summed E-state index contributed by atoms with van der Waals surface area (Å²) >= 11 is 3.29. The van der Waals surface area contributed by atoms with E-state index in [2.05, 4.69) is 15.9 Å². The van der Waals surface area contributed by atoms with Gasteiger partial charge in [0.2, 0.25) is 0 Å². The number of nitrogens with zero attached hydrogens (tertiary/aromatic N) is 1. The molecule has 6 nitrogen and oxygen atoms in total. The van der Waals surface area contributed by atoms with Crippen molar-refractivity contribution in [2.24, 2.45) is 0 Å². The van der Waals surface area contributed by atoms with Crippen LogP contribution in [0.1, 0.15) is 11.1 Å². The van der Waals surface area contributed by atoms with Gasteiger partial charge in [0.25, 0.3) is 0 Å². The van der Waals surface area contributed by atoms with Crippen LogP contribution in [0.3, 0.4) is 0 Å². The number of carboxylic acids is 1. The average Bonchev–Trinajstić information content (AvgIpc) is 2.90. The predicted octanol–water partition coefficient (Wildman–Crippen LogP) is 6.88. The van der Waals surface area contributed by atoms with E-state index < -0.39 is 41.9 Å². The molecule has 0 aromatic heterocycles. The molecule has 0 bridgehead atoms. The normalized spacial score (nSPS) is 11.3. The molecule has 39 heavy (non-hydrogen) atoms. The zero-order chi connectivity index (χ0) is 28.2. The van der Waals surface area contributed by atoms with Gasteiger partial charge in [-0.15, -0.1) is 0 Å². The lowest BCUT2D eigenvalue weighted by Crippen LogP contribution is -2.44. The minimum absolute atomic E-state index is 0.175. The van der Waals surface area contributed by atoms with Crippen molar-refractivity contribution in [1.29, 1.82) is 0 Å². The molecule has 0 radical (unpaired) electrons. The predicted molar refractivity (Wildman–Crippen MR) is 139 cm³/mol. The van der Waals surface area contributed by atoms with Crippen molar-refractivity contribution < 1.29 is 41.7 Å². The summed E-state index contributed by atoms with van der Waals surface area (Å²) in [6, 6.07) is 21.8. The Labute approximate surface area is 228 Å². The summed E-state index contributed by atoms with van der Waals surface area (Å²) in [5.74, 6) is -5.70. The van der Waals surface area contributed by atoms with Crippen LogP contribution < -0.4 is 14.4 Å². The molecule has 0 aliphatic carbocycles. The van der Waals surface area contributed by atoms with E-state index in [-0.39, 0.29) is 28.9 Å². The largest absolute Gasteiger partial charge is 0.488 e. The molecule has 4 aromatic rings. The fraction of sp³-hybridized carbons (Fsp3) is 0.143. The first kappa shape index (κ1) is 27.9. The second-order valence-electron chi connectivity index (χ2n) is 8.37. The van der Waals surface area contributed by atoms with E-state index in [1.165, 1.54) is 18.2 Å². The smallest absolute Gasteiger partial charge is 0.471 e. The van der Waals surface area contributed by atoms with Gasteiger partial charge in [0, 0.05) is 5.39 Å². The Morgan fingerprint density at radius 3 is 1.87 bits per heavy atom. The number of amides is 1. The number of aliphatic carboxylic acids is 1. The number of hydrogen-bond acceptors (Lipinski definition) is 4. The first-order chi connectivity index (χ1) is 18.5. The van der Waals surface area contributed by atoms with E-state index in [0.29, 0.717) is 15.8 Å². The summed E-state index contributed by atoms with van der Waals surface area (Å²) in [5.41, 5.74) is 0.541. The number of alkyl halides is 3. The average molecular weight is 606 g/mol. The highest BCUT2D eigenvalue weighted by Crippen LogP contribution is 2.42. The number of carboxylic acid groups (broad SMARTS) is 1. The number of benzene rings is 4. The van der Waals surface area contributed by atoms with Gasteiger partial charge in [-0.05, 0) is 50.6 Å². The van der Waals surface area contributed by atoms with E-state index in [1.807, 2.05) is 30.3 Å². The summed E-state index contributed by atoms with van der Waals surface area (Å²) < 4.78 is 68.1. The maximum Gasteiger partial charge on any atom is 0.471 e. The zero-order valence-corrected chi connectivity index (χ0v) is 21.6. The number of halogens is 5. The Morgan fingerprint density at radius 2 is 1.36 bits per heavy atom. The lowest BCUT2D eigenvalue weighted by Gasteiger charge is -2.26. The molecule has 1 amide bonds. The zero-order valence-electron chi connectivity index (χ0n) is 20.0. The molecule has 0 saturated heterocycles. The van der Waals surface area contributed by atoms with Crippen molar-refractivity contribution in [3.05, 3.63) is 100 Å². The molecule has 1 N–H and O–H groups in total. The molecule has 4 aromatic carbocycles. The standard InChI is InChI=1S/C28H20BrF4NO5/c29-21-13-20-19(11-22(21)38-15-17-7-3-1-4-8-17)12-23(39-16-18-9-5-2-6-10-18)26(25(20)30)34(14-24(35)36)27(37)28(31,32)33/h1-13H,14-16H2,(H,35,36). The highest BCUT2D eigenvalue weighted by atomic mass is 79.9. The third-order valence-electron chi connectivity index (χ3n) is 5.59. The first-order valence-electron chi connectivity index (χ1n) is 11.4. The molecule has 4 rings (SSSR count). The Balaban J connectivity index is 1.83. The molecular formula is C28H20BrF4NO5. The minimum atomic E-state index is -5.47. The van der Waals surface area contributed by atoms with Gasteiger partial charge in [-0.3, -0.25) is 14.5 Å². The van der Waals surface area contributed by atoms with Crippen LogP contribution in [0, 0.1) is 5.82 Å². The number of ether oxygens (including phenoxy) is 2. The third kappa shape index (κ3) is 6.66. The van der Waals surface area contributed by atoms with Crippen LogP contribution in [-0.2, 0) is 22.8 Å². The molecule has 0 aliphatic heterocycles. The van der Waals surface area contributed by atoms with Crippen LogP contribution in [0.25, 0.3) is 10.8 Å². The number of anilines is 1. The molecule has 0 heterocycles. The SMILES string of the molecule is O=C(O)CN(C(=O)C(F)(F)F)c1c(OCc2ccccc2)cc2cc(OCc3ccccc3)c(Br)cc2c1F. The highest BCUT2D eigenvalue weighted by molar-refractivity contribution is 9.10. The molecule has 0 unspecified atom stereocenters. The Bertz CT molecular complexity index is 1500. The van der Waals surface area contributed by atoms with Crippen LogP contribution in [0.15, 0.2) is 83.3 Å². The van der Waals surface area contributed by atoms with Gasteiger partial charge in [0.05, 0.1) is 4.47 Å². The molecule has 0 saturated carbocycles. The number of carbonyl (C=O) groups is 2. The van der Waals surface area contributed by atoms with Crippen molar-refractivity contribution in [2.75, 3.05) is 11.4 Å². The lowest BCUT2D eigenvalue weighted by molar-refractivity contribution is -0.171. The van der Waals surface area contributed by atoms with Crippen molar-refractivity contribution >= 4 is 44.3 Å². The molecular weight excluding hydrogens is 586 g/mol. The van der Waals surface area contributed by atoms with Crippen LogP contribution in [-0.4, -0.2) is 29.7 Å². The van der Waals surface area contributed by atoms with E-state index in [4.69, 9.17) is 9.47 Å².